The number of carbonyl (C=O) groups is 1. The molecule has 2 heterocycles. The Labute approximate surface area is 158 Å². The zero-order valence-corrected chi connectivity index (χ0v) is 15.7. The molecule has 1 amide bonds. The molecule has 0 saturated heterocycles. The van der Waals surface area contributed by atoms with Crippen molar-refractivity contribution in [3.05, 3.63) is 66.2 Å². The highest BCUT2D eigenvalue weighted by Crippen LogP contribution is 2.25. The van der Waals surface area contributed by atoms with Crippen molar-refractivity contribution >= 4 is 5.91 Å². The number of hydrogen-bond donors (Lipinski definition) is 1. The number of amides is 1. The van der Waals surface area contributed by atoms with Gasteiger partial charge in [-0.25, -0.2) is 0 Å². The van der Waals surface area contributed by atoms with E-state index in [0.29, 0.717) is 24.5 Å². The van der Waals surface area contributed by atoms with Gasteiger partial charge in [0.1, 0.15) is 17.2 Å². The summed E-state index contributed by atoms with van der Waals surface area (Å²) in [6.45, 7) is 3.06. The minimum absolute atomic E-state index is 0.137. The Morgan fingerprint density at radius 1 is 1.07 bits per heavy atom. The maximum atomic E-state index is 12.8. The fourth-order valence-electron chi connectivity index (χ4n) is 2.95. The van der Waals surface area contributed by atoms with Crippen molar-refractivity contribution in [1.29, 1.82) is 0 Å². The zero-order valence-electron chi connectivity index (χ0n) is 15.7. The third-order valence-corrected chi connectivity index (χ3v) is 4.41. The number of aryl methyl sites for hydroxylation is 1. The Kier molecular flexibility index (Phi) is 5.76. The monoisotopic (exact) mass is 365 g/mol. The third kappa shape index (κ3) is 4.11. The number of nitrogens with one attached hydrogen (secondary N) is 1. The molecule has 0 bridgehead atoms. The van der Waals surface area contributed by atoms with E-state index in [9.17, 15) is 4.79 Å². The molecule has 6 heteroatoms. The summed E-state index contributed by atoms with van der Waals surface area (Å²) in [5, 5.41) is 2.97. The van der Waals surface area contributed by atoms with Crippen LogP contribution in [0.5, 0.6) is 11.5 Å². The molecule has 0 spiro atoms. The summed E-state index contributed by atoms with van der Waals surface area (Å²) < 4.78 is 12.6. The average molecular weight is 365 g/mol. The second-order valence-corrected chi connectivity index (χ2v) is 6.00. The predicted molar refractivity (Wildman–Crippen MR) is 104 cm³/mol. The Balaban J connectivity index is 1.80. The molecule has 140 valence electrons. The second kappa shape index (κ2) is 8.40. The van der Waals surface area contributed by atoms with E-state index in [2.05, 4.69) is 10.3 Å². The van der Waals surface area contributed by atoms with Crippen LogP contribution >= 0.6 is 0 Å². The van der Waals surface area contributed by atoms with Gasteiger partial charge >= 0.3 is 0 Å². The maximum Gasteiger partial charge on any atom is 0.268 e. The molecular formula is C21H23N3O3. The predicted octanol–water partition coefficient (Wildman–Crippen LogP) is 3.52. The maximum absolute atomic E-state index is 12.8. The topological polar surface area (TPSA) is 65.4 Å². The first-order valence-corrected chi connectivity index (χ1v) is 8.76. The lowest BCUT2D eigenvalue weighted by Crippen LogP contribution is -2.25. The molecule has 0 atom stereocenters. The van der Waals surface area contributed by atoms with E-state index in [1.54, 1.807) is 26.6 Å². The van der Waals surface area contributed by atoms with Crippen molar-refractivity contribution in [2.24, 2.45) is 0 Å². The van der Waals surface area contributed by atoms with Crippen LogP contribution in [-0.2, 0) is 13.1 Å². The van der Waals surface area contributed by atoms with E-state index >= 15 is 0 Å². The Bertz CT molecular complexity index is 920. The van der Waals surface area contributed by atoms with Crippen LogP contribution in [0.15, 0.2) is 55.0 Å². The van der Waals surface area contributed by atoms with Crippen molar-refractivity contribution < 1.29 is 14.3 Å². The number of pyridine rings is 1. The van der Waals surface area contributed by atoms with Crippen LogP contribution in [0.25, 0.3) is 11.1 Å². The minimum atomic E-state index is -0.137. The van der Waals surface area contributed by atoms with Crippen molar-refractivity contribution in [3.63, 3.8) is 0 Å². The molecular weight excluding hydrogens is 342 g/mol. The molecule has 3 rings (SSSR count). The fourth-order valence-corrected chi connectivity index (χ4v) is 2.95. The largest absolute Gasteiger partial charge is 0.497 e. The molecule has 0 aliphatic heterocycles. The number of benzene rings is 1. The fraction of sp³-hybridized carbons (Fsp3) is 0.238. The van der Waals surface area contributed by atoms with Crippen molar-refractivity contribution in [3.8, 4) is 22.6 Å². The lowest BCUT2D eigenvalue weighted by molar-refractivity contribution is 0.0941. The second-order valence-electron chi connectivity index (χ2n) is 6.00. The molecule has 27 heavy (non-hydrogen) atoms. The molecule has 1 aromatic carbocycles. The van der Waals surface area contributed by atoms with Gasteiger partial charge in [0.05, 0.1) is 14.2 Å². The van der Waals surface area contributed by atoms with E-state index in [1.807, 2.05) is 54.1 Å². The zero-order chi connectivity index (χ0) is 19.2. The molecule has 6 nitrogen and oxygen atoms in total. The van der Waals surface area contributed by atoms with Crippen LogP contribution in [0.3, 0.4) is 0 Å². The van der Waals surface area contributed by atoms with Gasteiger partial charge in [0.2, 0.25) is 0 Å². The van der Waals surface area contributed by atoms with Crippen LogP contribution in [-0.4, -0.2) is 29.7 Å². The minimum Gasteiger partial charge on any atom is -0.497 e. The van der Waals surface area contributed by atoms with Crippen molar-refractivity contribution in [2.75, 3.05) is 14.2 Å². The van der Waals surface area contributed by atoms with Gasteiger partial charge in [-0.2, -0.15) is 0 Å². The quantitative estimate of drug-likeness (QED) is 0.696. The summed E-state index contributed by atoms with van der Waals surface area (Å²) in [5.74, 6) is 1.29. The van der Waals surface area contributed by atoms with Gasteiger partial charge in [-0.1, -0.05) is 0 Å². The summed E-state index contributed by atoms with van der Waals surface area (Å²) in [4.78, 5) is 16.8. The van der Waals surface area contributed by atoms with Gasteiger partial charge in [-0.3, -0.25) is 9.78 Å². The van der Waals surface area contributed by atoms with Gasteiger partial charge in [0.15, 0.2) is 0 Å². The third-order valence-electron chi connectivity index (χ3n) is 4.41. The SMILES string of the molecule is CCn1cc(-c2ccncc2)cc1C(=O)NCc1cc(OC)ccc1OC. The van der Waals surface area contributed by atoms with Crippen molar-refractivity contribution in [1.82, 2.24) is 14.9 Å². The number of methoxy groups -OCH3 is 2. The molecule has 0 fully saturated rings. The number of hydrogen-bond acceptors (Lipinski definition) is 4. The molecule has 0 aliphatic rings. The number of rotatable bonds is 7. The first-order chi connectivity index (χ1) is 13.2. The highest BCUT2D eigenvalue weighted by molar-refractivity contribution is 5.94. The van der Waals surface area contributed by atoms with E-state index in [0.717, 1.165) is 22.4 Å². The smallest absolute Gasteiger partial charge is 0.268 e. The van der Waals surface area contributed by atoms with Crippen LogP contribution in [0.2, 0.25) is 0 Å². The standard InChI is InChI=1S/C21H23N3O3/c1-4-24-14-17(15-7-9-22-10-8-15)12-19(24)21(25)23-13-16-11-18(26-2)5-6-20(16)27-3/h5-12,14H,4,13H2,1-3H3,(H,23,25). The molecule has 0 aliphatic carbocycles. The summed E-state index contributed by atoms with van der Waals surface area (Å²) >= 11 is 0. The molecule has 0 radical (unpaired) electrons. The summed E-state index contributed by atoms with van der Waals surface area (Å²) in [7, 11) is 3.22. The lowest BCUT2D eigenvalue weighted by Gasteiger charge is -2.12. The van der Waals surface area contributed by atoms with Gasteiger partial charge in [0.25, 0.3) is 5.91 Å². The van der Waals surface area contributed by atoms with Crippen LogP contribution < -0.4 is 14.8 Å². The van der Waals surface area contributed by atoms with E-state index < -0.39 is 0 Å². The first kappa shape index (κ1) is 18.5. The molecule has 0 saturated carbocycles. The average Bonchev–Trinajstić information content (AvgIpc) is 3.17. The Morgan fingerprint density at radius 3 is 2.52 bits per heavy atom. The number of nitrogens with zero attached hydrogens (tertiary/aromatic N) is 2. The molecule has 0 unspecified atom stereocenters. The Morgan fingerprint density at radius 2 is 1.85 bits per heavy atom. The van der Waals surface area contributed by atoms with E-state index in [-0.39, 0.29) is 5.91 Å². The summed E-state index contributed by atoms with van der Waals surface area (Å²) in [6.07, 6.45) is 5.47. The normalized spacial score (nSPS) is 10.5. The van der Waals surface area contributed by atoms with Crippen LogP contribution in [0.4, 0.5) is 0 Å². The van der Waals surface area contributed by atoms with E-state index in [1.165, 1.54) is 0 Å². The first-order valence-electron chi connectivity index (χ1n) is 8.76. The highest BCUT2D eigenvalue weighted by atomic mass is 16.5. The number of ether oxygens (including phenoxy) is 2. The lowest BCUT2D eigenvalue weighted by atomic mass is 10.1. The van der Waals surface area contributed by atoms with Gasteiger partial charge in [-0.15, -0.1) is 0 Å². The van der Waals surface area contributed by atoms with E-state index in [4.69, 9.17) is 9.47 Å². The van der Waals surface area contributed by atoms with Crippen LogP contribution in [0.1, 0.15) is 23.0 Å². The summed E-state index contributed by atoms with van der Waals surface area (Å²) in [5.41, 5.74) is 3.49. The summed E-state index contributed by atoms with van der Waals surface area (Å²) in [6, 6.07) is 11.3. The van der Waals surface area contributed by atoms with Crippen LogP contribution in [0, 0.1) is 0 Å². The highest BCUT2D eigenvalue weighted by Gasteiger charge is 2.15. The van der Waals surface area contributed by atoms with Gasteiger partial charge in [0, 0.05) is 42.8 Å². The number of aromatic nitrogens is 2. The molecule has 2 aromatic heterocycles. The molecule has 1 N–H and O–H groups in total. The molecule has 3 aromatic rings. The Hall–Kier alpha value is -3.28. The van der Waals surface area contributed by atoms with Crippen molar-refractivity contribution in [2.45, 2.75) is 20.0 Å². The number of carbonyl (C=O) groups excluding carboxylic acids is 1. The van der Waals surface area contributed by atoms with Gasteiger partial charge < -0.3 is 19.4 Å². The van der Waals surface area contributed by atoms with Gasteiger partial charge in [-0.05, 0) is 48.9 Å².